The molecule has 654 valence electrons. The van der Waals surface area contributed by atoms with Gasteiger partial charge in [0.1, 0.15) is 29.1 Å². The number of rotatable bonds is 15. The molecule has 15 nitrogen and oxygen atoms in total. The van der Waals surface area contributed by atoms with E-state index < -0.39 is 0 Å². The third-order valence-corrected chi connectivity index (χ3v) is 23.0. The number of benzene rings is 18. The van der Waals surface area contributed by atoms with Gasteiger partial charge in [0, 0.05) is 55.6 Å². The summed E-state index contributed by atoms with van der Waals surface area (Å²) in [5.74, 6) is 10.5. The van der Waals surface area contributed by atoms with Crippen molar-refractivity contribution in [3.05, 3.63) is 490 Å². The number of hydrogen-bond acceptors (Lipinski definition) is 15. The van der Waals surface area contributed by atoms with Crippen molar-refractivity contribution in [2.75, 3.05) is 0 Å². The minimum atomic E-state index is 0.682. The first-order valence-electron chi connectivity index (χ1n) is 45.4. The molecule has 23 aromatic rings. The van der Waals surface area contributed by atoms with Crippen molar-refractivity contribution < 1.29 is 0 Å². The van der Waals surface area contributed by atoms with E-state index >= 15 is 0 Å². The monoisotopic (exact) mass is 1770 g/mol. The zero-order valence-electron chi connectivity index (χ0n) is 76.1. The molecule has 0 N–H and O–H groups in total. The zero-order chi connectivity index (χ0) is 93.0. The lowest BCUT2D eigenvalue weighted by atomic mass is 9.93. The van der Waals surface area contributed by atoms with Gasteiger partial charge in [-0.2, -0.15) is 0 Å². The van der Waals surface area contributed by atoms with Crippen molar-refractivity contribution >= 4 is 32.3 Å². The molecule has 18 aromatic carbocycles. The Morgan fingerprint density at radius 1 is 0.102 bits per heavy atom. The highest BCUT2D eigenvalue weighted by Crippen LogP contribution is 2.40. The molecule has 0 atom stereocenters. The van der Waals surface area contributed by atoms with Gasteiger partial charge in [-0.15, -0.1) is 0 Å². The highest BCUT2D eigenvalue weighted by molar-refractivity contribution is 6.25. The SMILES string of the molecule is Cc1nc(-c2ccccc2)nc(-c2cc(-c3ccccc3)cc(-c3ccccc3)c2)n1.Cc1nc(-c2ccccc2)nc(-c2ccc(-c3ccccc3)cc2)n1.Cc1nc(-c2ccccc2)nc(-c2ccc3c4ccccc4c4ccccc4c3c2)n1.Cc1nc(-c2ccccc2)nc(-c2cccc(-c3ccccc3)c2)n1.Cc1nc(-c2ccccc2)nc(-c2ccccc2-c2ccccc2)n1. The quantitative estimate of drug-likeness (QED) is 0.0879. The summed E-state index contributed by atoms with van der Waals surface area (Å²) in [6.07, 6.45) is 0. The van der Waals surface area contributed by atoms with Crippen molar-refractivity contribution in [1.29, 1.82) is 0 Å². The lowest BCUT2D eigenvalue weighted by molar-refractivity contribution is 0.991. The van der Waals surface area contributed by atoms with Crippen LogP contribution in [-0.4, -0.2) is 74.8 Å². The van der Waals surface area contributed by atoms with E-state index in [-0.39, 0.29) is 0 Å². The van der Waals surface area contributed by atoms with Gasteiger partial charge in [0.15, 0.2) is 58.2 Å². The molecule has 0 aliphatic carbocycles. The molecule has 0 bridgehead atoms. The van der Waals surface area contributed by atoms with E-state index in [0.717, 1.165) is 100 Å². The fourth-order valence-corrected chi connectivity index (χ4v) is 16.5. The first kappa shape index (κ1) is 88.1. The third kappa shape index (κ3) is 21.4. The summed E-state index contributed by atoms with van der Waals surface area (Å²) in [6.45, 7) is 9.54. The van der Waals surface area contributed by atoms with Crippen LogP contribution >= 0.6 is 0 Å². The predicted molar refractivity (Wildman–Crippen MR) is 557 cm³/mol. The number of aromatic nitrogens is 15. The second-order valence-corrected chi connectivity index (χ2v) is 32.7. The van der Waals surface area contributed by atoms with Crippen molar-refractivity contribution in [2.24, 2.45) is 0 Å². The van der Waals surface area contributed by atoms with Crippen LogP contribution in [0.3, 0.4) is 0 Å². The summed E-state index contributed by atoms with van der Waals surface area (Å²) < 4.78 is 0. The molecule has 0 aliphatic rings. The summed E-state index contributed by atoms with van der Waals surface area (Å²) in [4.78, 5) is 69.3. The molecule has 0 spiro atoms. The lowest BCUT2D eigenvalue weighted by Crippen LogP contribution is -2.00. The highest BCUT2D eigenvalue weighted by Gasteiger charge is 2.20. The number of hydrogen-bond donors (Lipinski definition) is 0. The molecule has 15 heteroatoms. The number of fused-ring (bicyclic) bond motifs is 6. The maximum atomic E-state index is 4.82. The molecule has 137 heavy (non-hydrogen) atoms. The van der Waals surface area contributed by atoms with Crippen LogP contribution in [0.25, 0.3) is 202 Å². The second kappa shape index (κ2) is 41.9. The number of nitrogens with zero attached hydrogens (tertiary/aromatic N) is 15. The van der Waals surface area contributed by atoms with Gasteiger partial charge in [-0.1, -0.05) is 431 Å². The van der Waals surface area contributed by atoms with Crippen LogP contribution in [-0.2, 0) is 0 Å². The standard InChI is InChI=1S/C28H19N3.C28H21N3.3C22H17N3/c1-18-29-27(19-9-3-2-4-10-19)31-28(30-18)20-15-16-25-23-13-6-5-11-21(23)22-12-7-8-14-24(22)26(25)17-20;1-20-29-27(23-15-9-4-10-16-23)31-28(30-20)26-18-24(21-11-5-2-6-12-21)17-25(19-26)22-13-7-3-8-14-22;1-16-23-21(18-12-6-3-7-13-18)25-22(24-16)20-15-9-8-14-19(20)17-10-4-2-5-11-17;1-16-23-21(18-11-6-3-7-12-18)25-22(24-16)20-14-8-13-19(15-20)17-9-4-2-5-10-17;1-16-23-21(19-10-6-3-7-11-19)25-22(24-16)20-14-12-18(13-15-20)17-8-4-2-5-9-17/h2-17H,1H3;2-19H,1H3;3*2-15H,1H3. The minimum absolute atomic E-state index is 0.682. The molecule has 0 saturated carbocycles. The topological polar surface area (TPSA) is 193 Å². The van der Waals surface area contributed by atoms with Gasteiger partial charge >= 0.3 is 0 Å². The molecule has 5 heterocycles. The smallest absolute Gasteiger partial charge is 0.164 e. The van der Waals surface area contributed by atoms with E-state index in [1.54, 1.807) is 0 Å². The Hall–Kier alpha value is -18.2. The minimum Gasteiger partial charge on any atom is -0.213 e. The van der Waals surface area contributed by atoms with Gasteiger partial charge in [-0.05, 0) is 153 Å². The Morgan fingerprint density at radius 3 is 0.642 bits per heavy atom. The molecule has 0 saturated heterocycles. The van der Waals surface area contributed by atoms with Crippen LogP contribution in [0.1, 0.15) is 29.1 Å². The average Bonchev–Trinajstić information content (AvgIpc) is 0.734. The fraction of sp³-hybridized carbons (Fsp3) is 0.0410. The Morgan fingerprint density at radius 2 is 0.292 bits per heavy atom. The molecule has 0 unspecified atom stereocenters. The van der Waals surface area contributed by atoms with Gasteiger partial charge in [0.25, 0.3) is 0 Å². The summed E-state index contributed by atoms with van der Waals surface area (Å²) in [6, 6.07) is 157. The van der Waals surface area contributed by atoms with Gasteiger partial charge in [-0.25, -0.2) is 74.8 Å². The first-order valence-corrected chi connectivity index (χ1v) is 45.4. The first-order chi connectivity index (χ1) is 67.4. The van der Waals surface area contributed by atoms with E-state index in [4.69, 9.17) is 15.0 Å². The Kier molecular flexibility index (Phi) is 26.9. The second-order valence-electron chi connectivity index (χ2n) is 32.7. The zero-order valence-corrected chi connectivity index (χ0v) is 76.1. The Bertz CT molecular complexity index is 7990. The number of aryl methyl sites for hydroxylation is 5. The maximum Gasteiger partial charge on any atom is 0.164 e. The molecule has 0 amide bonds. The Labute approximate surface area is 796 Å². The average molecular weight is 1770 g/mol. The molecular formula is C122H91N15. The van der Waals surface area contributed by atoms with Crippen LogP contribution < -0.4 is 0 Å². The molecule has 0 radical (unpaired) electrons. The molecule has 23 rings (SSSR count). The van der Waals surface area contributed by atoms with Crippen LogP contribution in [0, 0.1) is 34.6 Å². The van der Waals surface area contributed by atoms with Crippen LogP contribution in [0.5, 0.6) is 0 Å². The van der Waals surface area contributed by atoms with Crippen LogP contribution in [0.15, 0.2) is 461 Å². The van der Waals surface area contributed by atoms with E-state index in [1.807, 2.05) is 277 Å². The summed E-state index contributed by atoms with van der Waals surface area (Å²) in [5.41, 5.74) is 21.5. The summed E-state index contributed by atoms with van der Waals surface area (Å²) in [5, 5.41) is 7.50. The van der Waals surface area contributed by atoms with Crippen molar-refractivity contribution in [1.82, 2.24) is 74.8 Å². The predicted octanol–water partition coefficient (Wildman–Crippen LogP) is 29.4. The summed E-state index contributed by atoms with van der Waals surface area (Å²) in [7, 11) is 0. The van der Waals surface area contributed by atoms with E-state index in [1.165, 1.54) is 49.0 Å². The Balaban J connectivity index is 0.000000110. The van der Waals surface area contributed by atoms with Crippen molar-refractivity contribution in [2.45, 2.75) is 34.6 Å². The summed E-state index contributed by atoms with van der Waals surface area (Å²) >= 11 is 0. The van der Waals surface area contributed by atoms with Gasteiger partial charge in [0.2, 0.25) is 0 Å². The normalized spacial score (nSPS) is 10.8. The fourth-order valence-electron chi connectivity index (χ4n) is 16.5. The van der Waals surface area contributed by atoms with Gasteiger partial charge in [-0.3, -0.25) is 0 Å². The third-order valence-electron chi connectivity index (χ3n) is 23.0. The highest BCUT2D eigenvalue weighted by atomic mass is 15.1. The van der Waals surface area contributed by atoms with Crippen molar-refractivity contribution in [3.63, 3.8) is 0 Å². The van der Waals surface area contributed by atoms with E-state index in [0.29, 0.717) is 81.5 Å². The molecular weight excluding hydrogens is 1680 g/mol. The van der Waals surface area contributed by atoms with E-state index in [2.05, 4.69) is 278 Å². The lowest BCUT2D eigenvalue weighted by Gasteiger charge is -2.12. The maximum absolute atomic E-state index is 4.82. The van der Waals surface area contributed by atoms with Gasteiger partial charge < -0.3 is 0 Å². The molecule has 0 fully saturated rings. The van der Waals surface area contributed by atoms with Crippen LogP contribution in [0.2, 0.25) is 0 Å². The largest absolute Gasteiger partial charge is 0.213 e. The molecule has 0 aliphatic heterocycles. The van der Waals surface area contributed by atoms with Gasteiger partial charge in [0.05, 0.1) is 0 Å². The molecule has 5 aromatic heterocycles. The van der Waals surface area contributed by atoms with E-state index in [9.17, 15) is 0 Å². The van der Waals surface area contributed by atoms with Crippen LogP contribution in [0.4, 0.5) is 0 Å². The van der Waals surface area contributed by atoms with Crippen molar-refractivity contribution in [3.8, 4) is 170 Å².